The molecule has 0 aliphatic carbocycles. The first-order valence-electron chi connectivity index (χ1n) is 6.46. The number of amides is 1. The van der Waals surface area contributed by atoms with E-state index < -0.39 is 0 Å². The predicted molar refractivity (Wildman–Crippen MR) is 67.4 cm³/mol. The molecule has 2 heterocycles. The number of nitrogens with zero attached hydrogens (tertiary/aromatic N) is 2. The van der Waals surface area contributed by atoms with Crippen molar-refractivity contribution in [3.05, 3.63) is 17.3 Å². The van der Waals surface area contributed by atoms with E-state index in [4.69, 9.17) is 13.9 Å². The highest BCUT2D eigenvalue weighted by Gasteiger charge is 2.25. The fraction of sp³-hybridized carbons (Fsp3) is 0.692. The van der Waals surface area contributed by atoms with Crippen molar-refractivity contribution in [1.82, 2.24) is 9.88 Å². The number of fused-ring (bicyclic) bond motifs is 1. The zero-order chi connectivity index (χ0) is 13.8. The molecular weight excluding hydrogens is 248 g/mol. The number of carbonyl (C=O) groups is 1. The molecule has 1 aliphatic rings. The Hall–Kier alpha value is -1.40. The minimum atomic E-state index is -0.00404. The van der Waals surface area contributed by atoms with Gasteiger partial charge in [-0.1, -0.05) is 0 Å². The van der Waals surface area contributed by atoms with Crippen LogP contribution < -0.4 is 0 Å². The Bertz CT molecular complexity index is 442. The van der Waals surface area contributed by atoms with Crippen molar-refractivity contribution in [2.24, 2.45) is 0 Å². The van der Waals surface area contributed by atoms with E-state index >= 15 is 0 Å². The number of carbonyl (C=O) groups excluding carboxylic acids is 1. The van der Waals surface area contributed by atoms with Gasteiger partial charge in [0, 0.05) is 20.1 Å². The molecule has 0 spiro atoms. The molecule has 0 saturated carbocycles. The first kappa shape index (κ1) is 14.0. The van der Waals surface area contributed by atoms with E-state index in [1.54, 1.807) is 12.0 Å². The second-order valence-electron chi connectivity index (χ2n) is 4.84. The normalized spacial score (nSPS) is 14.8. The first-order chi connectivity index (χ1) is 9.10. The molecular formula is C13H20N2O4. The lowest BCUT2D eigenvalue weighted by Crippen LogP contribution is -2.38. The summed E-state index contributed by atoms with van der Waals surface area (Å²) in [5, 5.41) is 0. The Balaban J connectivity index is 1.95. The maximum Gasteiger partial charge on any atom is 0.248 e. The fourth-order valence-electron chi connectivity index (χ4n) is 1.98. The Labute approximate surface area is 112 Å². The summed E-state index contributed by atoms with van der Waals surface area (Å²) >= 11 is 0. The summed E-state index contributed by atoms with van der Waals surface area (Å²) in [5.41, 5.74) is 0.830. The van der Waals surface area contributed by atoms with Gasteiger partial charge in [-0.05, 0) is 13.8 Å². The predicted octanol–water partition coefficient (Wildman–Crippen LogP) is 1.13. The number of oxazole rings is 1. The largest absolute Gasteiger partial charge is 0.443 e. The average Bonchev–Trinajstić information content (AvgIpc) is 2.77. The molecule has 2 rings (SSSR count). The van der Waals surface area contributed by atoms with Gasteiger partial charge in [0.25, 0.3) is 0 Å². The summed E-state index contributed by atoms with van der Waals surface area (Å²) < 4.78 is 15.9. The van der Waals surface area contributed by atoms with Crippen molar-refractivity contribution in [1.29, 1.82) is 0 Å². The van der Waals surface area contributed by atoms with Gasteiger partial charge < -0.3 is 18.8 Å². The van der Waals surface area contributed by atoms with Gasteiger partial charge in [0.15, 0.2) is 0 Å². The molecule has 19 heavy (non-hydrogen) atoms. The van der Waals surface area contributed by atoms with Crippen molar-refractivity contribution in [2.75, 3.05) is 20.3 Å². The SMILES string of the molecule is COCc1nc2c(o1)CCN(C(=O)COC(C)C)C2. The smallest absolute Gasteiger partial charge is 0.248 e. The van der Waals surface area contributed by atoms with Gasteiger partial charge in [0.2, 0.25) is 11.8 Å². The zero-order valence-electron chi connectivity index (χ0n) is 11.6. The number of ether oxygens (including phenoxy) is 2. The maximum absolute atomic E-state index is 12.0. The third kappa shape index (κ3) is 3.54. The molecule has 0 bridgehead atoms. The quantitative estimate of drug-likeness (QED) is 0.801. The Kier molecular flexibility index (Phi) is 4.55. The number of aromatic nitrogens is 1. The molecule has 0 radical (unpaired) electrons. The summed E-state index contributed by atoms with van der Waals surface area (Å²) in [6.07, 6.45) is 0.754. The molecule has 6 heteroatoms. The number of hydrogen-bond donors (Lipinski definition) is 0. The molecule has 1 aliphatic heterocycles. The van der Waals surface area contributed by atoms with Crippen LogP contribution in [0.15, 0.2) is 4.42 Å². The summed E-state index contributed by atoms with van der Waals surface area (Å²) in [6.45, 7) is 5.44. The minimum Gasteiger partial charge on any atom is -0.443 e. The molecule has 0 fully saturated rings. The van der Waals surface area contributed by atoms with Gasteiger partial charge in [-0.15, -0.1) is 0 Å². The number of methoxy groups -OCH3 is 1. The van der Waals surface area contributed by atoms with Crippen LogP contribution in [0, 0.1) is 0 Å². The van der Waals surface area contributed by atoms with Gasteiger partial charge in [-0.25, -0.2) is 4.98 Å². The van der Waals surface area contributed by atoms with Crippen molar-refractivity contribution < 1.29 is 18.7 Å². The summed E-state index contributed by atoms with van der Waals surface area (Å²) in [6, 6.07) is 0. The van der Waals surface area contributed by atoms with E-state index in [-0.39, 0.29) is 18.6 Å². The van der Waals surface area contributed by atoms with E-state index in [1.807, 2.05) is 13.8 Å². The topological polar surface area (TPSA) is 64.8 Å². The van der Waals surface area contributed by atoms with Crippen LogP contribution in [-0.4, -0.2) is 42.2 Å². The number of rotatable bonds is 5. The molecule has 6 nitrogen and oxygen atoms in total. The fourth-order valence-corrected chi connectivity index (χ4v) is 1.98. The molecule has 106 valence electrons. The lowest BCUT2D eigenvalue weighted by Gasteiger charge is -2.25. The molecule has 1 aromatic rings. The van der Waals surface area contributed by atoms with Gasteiger partial charge in [-0.2, -0.15) is 0 Å². The van der Waals surface area contributed by atoms with Crippen molar-refractivity contribution in [3.63, 3.8) is 0 Å². The standard InChI is InChI=1S/C13H20N2O4/c1-9(2)18-8-13(16)15-5-4-11-10(6-15)14-12(19-11)7-17-3/h9H,4-8H2,1-3H3. The van der Waals surface area contributed by atoms with Crippen LogP contribution in [0.4, 0.5) is 0 Å². The van der Waals surface area contributed by atoms with Crippen LogP contribution in [0.25, 0.3) is 0 Å². The second kappa shape index (κ2) is 6.16. The van der Waals surface area contributed by atoms with Crippen molar-refractivity contribution in [2.45, 2.75) is 39.5 Å². The maximum atomic E-state index is 12.0. The molecule has 0 N–H and O–H groups in total. The monoisotopic (exact) mass is 268 g/mol. The van der Waals surface area contributed by atoms with Crippen LogP contribution in [0.2, 0.25) is 0 Å². The third-order valence-corrected chi connectivity index (χ3v) is 2.93. The van der Waals surface area contributed by atoms with Gasteiger partial charge >= 0.3 is 0 Å². The number of hydrogen-bond acceptors (Lipinski definition) is 5. The molecule has 1 aromatic heterocycles. The first-order valence-corrected chi connectivity index (χ1v) is 6.46. The van der Waals surface area contributed by atoms with Crippen LogP contribution in [0.3, 0.4) is 0 Å². The van der Waals surface area contributed by atoms with Crippen LogP contribution in [0.1, 0.15) is 31.2 Å². The molecule has 0 atom stereocenters. The molecule has 0 unspecified atom stereocenters. The van der Waals surface area contributed by atoms with Crippen LogP contribution in [-0.2, 0) is 33.8 Å². The van der Waals surface area contributed by atoms with Gasteiger partial charge in [0.1, 0.15) is 24.7 Å². The highest BCUT2D eigenvalue weighted by Crippen LogP contribution is 2.20. The van der Waals surface area contributed by atoms with Gasteiger partial charge in [0.05, 0.1) is 12.6 Å². The Morgan fingerprint density at radius 3 is 3.00 bits per heavy atom. The van der Waals surface area contributed by atoms with E-state index in [9.17, 15) is 4.79 Å². The summed E-state index contributed by atoms with van der Waals surface area (Å²) in [7, 11) is 1.60. The third-order valence-electron chi connectivity index (χ3n) is 2.93. The highest BCUT2D eigenvalue weighted by molar-refractivity contribution is 5.77. The van der Waals surface area contributed by atoms with Crippen molar-refractivity contribution >= 4 is 5.91 Å². The lowest BCUT2D eigenvalue weighted by molar-refractivity contribution is -0.138. The van der Waals surface area contributed by atoms with Crippen LogP contribution in [0.5, 0.6) is 0 Å². The van der Waals surface area contributed by atoms with Crippen molar-refractivity contribution in [3.8, 4) is 0 Å². The highest BCUT2D eigenvalue weighted by atomic mass is 16.5. The zero-order valence-corrected chi connectivity index (χ0v) is 11.6. The van der Waals surface area contributed by atoms with E-state index in [2.05, 4.69) is 4.98 Å². The van der Waals surface area contributed by atoms with E-state index in [1.165, 1.54) is 0 Å². The Morgan fingerprint density at radius 1 is 1.53 bits per heavy atom. The Morgan fingerprint density at radius 2 is 2.32 bits per heavy atom. The molecule has 0 aromatic carbocycles. The average molecular weight is 268 g/mol. The lowest BCUT2D eigenvalue weighted by atomic mass is 10.1. The minimum absolute atomic E-state index is 0.00404. The van der Waals surface area contributed by atoms with E-state index in [0.29, 0.717) is 32.0 Å². The second-order valence-corrected chi connectivity index (χ2v) is 4.84. The molecule has 0 saturated heterocycles. The van der Waals surface area contributed by atoms with Gasteiger partial charge in [-0.3, -0.25) is 4.79 Å². The summed E-state index contributed by atoms with van der Waals surface area (Å²) in [5.74, 6) is 1.43. The van der Waals surface area contributed by atoms with E-state index in [0.717, 1.165) is 11.5 Å². The van der Waals surface area contributed by atoms with Crippen LogP contribution >= 0.6 is 0 Å². The molecule has 1 amide bonds. The summed E-state index contributed by atoms with van der Waals surface area (Å²) in [4.78, 5) is 18.1.